The van der Waals surface area contributed by atoms with Gasteiger partial charge in [-0.3, -0.25) is 4.79 Å². The summed E-state index contributed by atoms with van der Waals surface area (Å²) in [6, 6.07) is 14.4. The highest BCUT2D eigenvalue weighted by Gasteiger charge is 2.20. The zero-order valence-corrected chi connectivity index (χ0v) is 17.5. The minimum Gasteiger partial charge on any atom is -0.508 e. The van der Waals surface area contributed by atoms with Crippen molar-refractivity contribution >= 4 is 11.5 Å². The molecule has 0 unspecified atom stereocenters. The molecule has 1 heterocycles. The summed E-state index contributed by atoms with van der Waals surface area (Å²) in [7, 11) is 0. The SMILES string of the molecule is O=C(O)CCC1CCN(CCC=C2c3ccccc3CCc3cc(O)ccc32)CC1. The quantitative estimate of drug-likeness (QED) is 0.718. The lowest BCUT2D eigenvalue weighted by Crippen LogP contribution is -2.34. The van der Waals surface area contributed by atoms with Crippen molar-refractivity contribution in [2.75, 3.05) is 19.6 Å². The summed E-state index contributed by atoms with van der Waals surface area (Å²) < 4.78 is 0. The molecule has 0 spiro atoms. The Hall–Kier alpha value is -2.59. The number of nitrogens with zero attached hydrogens (tertiary/aromatic N) is 1. The average Bonchev–Trinajstić information content (AvgIpc) is 2.90. The van der Waals surface area contributed by atoms with Crippen LogP contribution in [0.3, 0.4) is 0 Å². The van der Waals surface area contributed by atoms with Gasteiger partial charge in [-0.2, -0.15) is 0 Å². The number of hydrogen-bond donors (Lipinski definition) is 2. The minimum atomic E-state index is -0.679. The Morgan fingerprint density at radius 2 is 1.77 bits per heavy atom. The summed E-state index contributed by atoms with van der Waals surface area (Å²) in [6.07, 6.45) is 8.62. The van der Waals surface area contributed by atoms with Crippen molar-refractivity contribution in [3.05, 3.63) is 70.8 Å². The molecule has 30 heavy (non-hydrogen) atoms. The predicted molar refractivity (Wildman–Crippen MR) is 120 cm³/mol. The van der Waals surface area contributed by atoms with Crippen molar-refractivity contribution in [1.29, 1.82) is 0 Å². The molecule has 1 aliphatic carbocycles. The van der Waals surface area contributed by atoms with Crippen LogP contribution in [0.1, 0.15) is 54.4 Å². The second-order valence-electron chi connectivity index (χ2n) is 8.62. The standard InChI is InChI=1S/C26H31NO3/c28-22-10-11-24-21(18-22)9-8-20-4-1-2-5-23(20)25(24)6-3-15-27-16-13-19(14-17-27)7-12-26(29)30/h1-2,4-6,10-11,18-19,28H,3,7-9,12-17H2,(H,29,30). The number of rotatable bonds is 6. The third-order valence-corrected chi connectivity index (χ3v) is 6.62. The van der Waals surface area contributed by atoms with E-state index in [1.807, 2.05) is 6.07 Å². The summed E-state index contributed by atoms with van der Waals surface area (Å²) >= 11 is 0. The van der Waals surface area contributed by atoms with Crippen LogP contribution in [0.4, 0.5) is 0 Å². The number of hydrogen-bond acceptors (Lipinski definition) is 3. The minimum absolute atomic E-state index is 0.297. The van der Waals surface area contributed by atoms with Gasteiger partial charge in [0.25, 0.3) is 0 Å². The van der Waals surface area contributed by atoms with E-state index >= 15 is 0 Å². The lowest BCUT2D eigenvalue weighted by molar-refractivity contribution is -0.137. The van der Waals surface area contributed by atoms with Crippen molar-refractivity contribution in [1.82, 2.24) is 4.90 Å². The van der Waals surface area contributed by atoms with Crippen molar-refractivity contribution in [3.63, 3.8) is 0 Å². The first-order valence-electron chi connectivity index (χ1n) is 11.1. The van der Waals surface area contributed by atoms with Gasteiger partial charge < -0.3 is 15.1 Å². The molecule has 0 bridgehead atoms. The number of benzene rings is 2. The molecule has 4 heteroatoms. The lowest BCUT2D eigenvalue weighted by atomic mass is 9.91. The van der Waals surface area contributed by atoms with Crippen molar-refractivity contribution in [2.45, 2.75) is 44.9 Å². The van der Waals surface area contributed by atoms with Gasteiger partial charge in [0, 0.05) is 13.0 Å². The smallest absolute Gasteiger partial charge is 0.303 e. The summed E-state index contributed by atoms with van der Waals surface area (Å²) in [4.78, 5) is 13.3. The topological polar surface area (TPSA) is 60.8 Å². The highest BCUT2D eigenvalue weighted by atomic mass is 16.4. The normalized spacial score (nSPS) is 18.6. The second-order valence-corrected chi connectivity index (χ2v) is 8.62. The molecule has 0 amide bonds. The Morgan fingerprint density at radius 1 is 1.03 bits per heavy atom. The van der Waals surface area contributed by atoms with E-state index in [1.54, 1.807) is 6.07 Å². The highest BCUT2D eigenvalue weighted by molar-refractivity contribution is 5.84. The molecule has 1 fully saturated rings. The number of carboxylic acid groups (broad SMARTS) is 1. The Balaban J connectivity index is 1.44. The molecule has 2 aliphatic rings. The number of aromatic hydroxyl groups is 1. The van der Waals surface area contributed by atoms with Crippen LogP contribution in [0.15, 0.2) is 48.5 Å². The van der Waals surface area contributed by atoms with E-state index < -0.39 is 5.97 Å². The Bertz CT molecular complexity index is 926. The first kappa shape index (κ1) is 20.7. The summed E-state index contributed by atoms with van der Waals surface area (Å²) in [5.74, 6) is 0.218. The fourth-order valence-electron chi connectivity index (χ4n) is 4.90. The van der Waals surface area contributed by atoms with Gasteiger partial charge in [-0.25, -0.2) is 0 Å². The fourth-order valence-corrected chi connectivity index (χ4v) is 4.90. The third kappa shape index (κ3) is 4.93. The number of phenolic OH excluding ortho intramolecular Hbond substituents is 1. The first-order valence-corrected chi connectivity index (χ1v) is 11.1. The van der Waals surface area contributed by atoms with Crippen LogP contribution in [0.5, 0.6) is 5.75 Å². The Morgan fingerprint density at radius 3 is 2.57 bits per heavy atom. The molecule has 0 atom stereocenters. The van der Waals surface area contributed by atoms with E-state index in [4.69, 9.17) is 5.11 Å². The Labute approximate surface area is 178 Å². The maximum atomic E-state index is 10.8. The van der Waals surface area contributed by atoms with Crippen LogP contribution >= 0.6 is 0 Å². The number of piperidine rings is 1. The maximum Gasteiger partial charge on any atom is 0.303 e. The molecule has 4 rings (SSSR count). The number of likely N-dealkylation sites (tertiary alicyclic amines) is 1. The van der Waals surface area contributed by atoms with Gasteiger partial charge >= 0.3 is 5.97 Å². The molecule has 1 aliphatic heterocycles. The number of fused-ring (bicyclic) bond motifs is 2. The van der Waals surface area contributed by atoms with Gasteiger partial charge in [-0.15, -0.1) is 0 Å². The molecule has 158 valence electrons. The maximum absolute atomic E-state index is 10.8. The van der Waals surface area contributed by atoms with Crippen molar-refractivity contribution in [3.8, 4) is 5.75 Å². The van der Waals surface area contributed by atoms with E-state index in [2.05, 4.69) is 41.3 Å². The van der Waals surface area contributed by atoms with Gasteiger partial charge in [0.15, 0.2) is 0 Å². The molecule has 0 saturated carbocycles. The molecular formula is C26H31NO3. The van der Waals surface area contributed by atoms with E-state index in [9.17, 15) is 9.90 Å². The first-order chi connectivity index (χ1) is 14.6. The fraction of sp³-hybridized carbons (Fsp3) is 0.423. The highest BCUT2D eigenvalue weighted by Crippen LogP contribution is 2.35. The van der Waals surface area contributed by atoms with Crippen LogP contribution in [0.2, 0.25) is 0 Å². The zero-order valence-electron chi connectivity index (χ0n) is 17.5. The molecule has 4 nitrogen and oxygen atoms in total. The van der Waals surface area contributed by atoms with Crippen LogP contribution < -0.4 is 0 Å². The number of aliphatic carboxylic acids is 1. The number of phenols is 1. The largest absolute Gasteiger partial charge is 0.508 e. The van der Waals surface area contributed by atoms with E-state index in [0.29, 0.717) is 18.1 Å². The number of aryl methyl sites for hydroxylation is 2. The van der Waals surface area contributed by atoms with Gasteiger partial charge in [-0.1, -0.05) is 36.4 Å². The van der Waals surface area contributed by atoms with Crippen LogP contribution in [-0.4, -0.2) is 40.7 Å². The molecule has 2 aromatic rings. The molecule has 2 aromatic carbocycles. The van der Waals surface area contributed by atoms with E-state index in [-0.39, 0.29) is 0 Å². The summed E-state index contributed by atoms with van der Waals surface area (Å²) in [6.45, 7) is 3.16. The molecule has 0 aromatic heterocycles. The molecular weight excluding hydrogens is 374 g/mol. The van der Waals surface area contributed by atoms with Crippen molar-refractivity contribution < 1.29 is 15.0 Å². The molecule has 2 N–H and O–H groups in total. The summed E-state index contributed by atoms with van der Waals surface area (Å²) in [5, 5.41) is 18.8. The average molecular weight is 406 g/mol. The number of carboxylic acids is 1. The zero-order chi connectivity index (χ0) is 20.9. The van der Waals surface area contributed by atoms with Crippen LogP contribution in [-0.2, 0) is 17.6 Å². The monoisotopic (exact) mass is 405 g/mol. The van der Waals surface area contributed by atoms with E-state index in [1.165, 1.54) is 27.8 Å². The van der Waals surface area contributed by atoms with Crippen LogP contribution in [0.25, 0.3) is 5.57 Å². The number of carbonyl (C=O) groups is 1. The van der Waals surface area contributed by atoms with Gasteiger partial charge in [0.1, 0.15) is 5.75 Å². The van der Waals surface area contributed by atoms with E-state index in [0.717, 1.165) is 58.2 Å². The molecule has 0 radical (unpaired) electrons. The second kappa shape index (κ2) is 9.48. The third-order valence-electron chi connectivity index (χ3n) is 6.62. The van der Waals surface area contributed by atoms with Gasteiger partial charge in [0.2, 0.25) is 0 Å². The van der Waals surface area contributed by atoms with Crippen molar-refractivity contribution in [2.24, 2.45) is 5.92 Å². The Kier molecular flexibility index (Phi) is 6.53. The van der Waals surface area contributed by atoms with Gasteiger partial charge in [-0.05, 0) is 97.5 Å². The molecule has 1 saturated heterocycles. The predicted octanol–water partition coefficient (Wildman–Crippen LogP) is 4.89. The summed E-state index contributed by atoms with van der Waals surface area (Å²) in [5.41, 5.74) is 6.43. The van der Waals surface area contributed by atoms with Gasteiger partial charge in [0.05, 0.1) is 0 Å². The van der Waals surface area contributed by atoms with Crippen LogP contribution in [0, 0.1) is 5.92 Å². The lowest BCUT2D eigenvalue weighted by Gasteiger charge is -2.31.